The molecule has 1 fully saturated rings. The predicted molar refractivity (Wildman–Crippen MR) is 104 cm³/mol. The van der Waals surface area contributed by atoms with Gasteiger partial charge in [-0.25, -0.2) is 4.98 Å². The van der Waals surface area contributed by atoms with E-state index in [1.54, 1.807) is 6.92 Å². The van der Waals surface area contributed by atoms with E-state index in [-0.39, 0.29) is 22.8 Å². The lowest BCUT2D eigenvalue weighted by Crippen LogP contribution is -2.25. The van der Waals surface area contributed by atoms with Gasteiger partial charge in [0, 0.05) is 17.0 Å². The lowest BCUT2D eigenvalue weighted by molar-refractivity contribution is -0.115. The summed E-state index contributed by atoms with van der Waals surface area (Å²) in [5.41, 5.74) is 2.99. The summed E-state index contributed by atoms with van der Waals surface area (Å²) < 4.78 is 0. The van der Waals surface area contributed by atoms with Crippen LogP contribution in [-0.4, -0.2) is 27.8 Å². The van der Waals surface area contributed by atoms with Gasteiger partial charge in [-0.3, -0.25) is 9.59 Å². The van der Waals surface area contributed by atoms with Crippen molar-refractivity contribution in [3.05, 3.63) is 40.9 Å². The van der Waals surface area contributed by atoms with E-state index in [0.29, 0.717) is 11.0 Å². The van der Waals surface area contributed by atoms with Crippen LogP contribution in [0.5, 0.6) is 0 Å². The number of thioether (sulfide) groups is 1. The first-order valence-corrected chi connectivity index (χ1v) is 10.2. The highest BCUT2D eigenvalue weighted by atomic mass is 32.2. The van der Waals surface area contributed by atoms with E-state index < -0.39 is 0 Å². The van der Waals surface area contributed by atoms with Crippen molar-refractivity contribution in [3.8, 4) is 0 Å². The molecule has 2 N–H and O–H groups in total. The molecule has 1 unspecified atom stereocenters. The van der Waals surface area contributed by atoms with Gasteiger partial charge >= 0.3 is 0 Å². The first-order valence-electron chi connectivity index (χ1n) is 8.25. The molecule has 1 aliphatic rings. The highest BCUT2D eigenvalue weighted by Gasteiger charge is 2.26. The number of anilines is 2. The van der Waals surface area contributed by atoms with Crippen LogP contribution in [0.3, 0.4) is 0 Å². The molecule has 0 bridgehead atoms. The maximum Gasteiger partial charge on any atom is 0.239 e. The van der Waals surface area contributed by atoms with Gasteiger partial charge in [0.15, 0.2) is 5.13 Å². The Morgan fingerprint density at radius 3 is 2.68 bits per heavy atom. The summed E-state index contributed by atoms with van der Waals surface area (Å²) in [5.74, 6) is 0.580. The van der Waals surface area contributed by atoms with E-state index in [4.69, 9.17) is 0 Å². The number of rotatable bonds is 7. The molecule has 0 aliphatic heterocycles. The number of amides is 2. The minimum absolute atomic E-state index is 0.112. The zero-order valence-electron chi connectivity index (χ0n) is 14.2. The molecule has 1 aromatic carbocycles. The third kappa shape index (κ3) is 5.31. The Bertz CT molecular complexity index is 754. The zero-order chi connectivity index (χ0) is 17.8. The van der Waals surface area contributed by atoms with Crippen LogP contribution in [0.15, 0.2) is 29.6 Å². The van der Waals surface area contributed by atoms with Gasteiger partial charge in [0.2, 0.25) is 11.8 Å². The molecule has 1 heterocycles. The SMILES string of the molecule is Cc1ccc(NC(=O)CSC(C)C(=O)Nc2nc(C3CC3)cs2)cc1. The summed E-state index contributed by atoms with van der Waals surface area (Å²) in [6.45, 7) is 3.80. The minimum atomic E-state index is -0.322. The summed E-state index contributed by atoms with van der Waals surface area (Å²) in [5, 5.41) is 8.01. The molecule has 2 aromatic rings. The van der Waals surface area contributed by atoms with Crippen LogP contribution in [0.1, 0.15) is 36.9 Å². The average molecular weight is 376 g/mol. The quantitative estimate of drug-likeness (QED) is 0.766. The molecule has 25 heavy (non-hydrogen) atoms. The lowest BCUT2D eigenvalue weighted by Gasteiger charge is -2.11. The molecule has 5 nitrogen and oxygen atoms in total. The van der Waals surface area contributed by atoms with Crippen molar-refractivity contribution in [2.45, 2.75) is 37.9 Å². The number of nitrogens with zero attached hydrogens (tertiary/aromatic N) is 1. The van der Waals surface area contributed by atoms with Gasteiger partial charge in [0.1, 0.15) is 0 Å². The number of aryl methyl sites for hydroxylation is 1. The summed E-state index contributed by atoms with van der Waals surface area (Å²) in [4.78, 5) is 28.7. The molecule has 0 spiro atoms. The van der Waals surface area contributed by atoms with E-state index in [2.05, 4.69) is 15.6 Å². The number of nitrogens with one attached hydrogen (secondary N) is 2. The van der Waals surface area contributed by atoms with Gasteiger partial charge in [-0.15, -0.1) is 23.1 Å². The fourth-order valence-electron chi connectivity index (χ4n) is 2.23. The lowest BCUT2D eigenvalue weighted by atomic mass is 10.2. The number of carbonyl (C=O) groups is 2. The van der Waals surface area contributed by atoms with E-state index >= 15 is 0 Å². The summed E-state index contributed by atoms with van der Waals surface area (Å²) in [7, 11) is 0. The molecule has 1 aliphatic carbocycles. The number of aromatic nitrogens is 1. The van der Waals surface area contributed by atoms with E-state index in [1.807, 2.05) is 36.6 Å². The van der Waals surface area contributed by atoms with Crippen molar-refractivity contribution in [1.29, 1.82) is 0 Å². The van der Waals surface area contributed by atoms with Crippen molar-refractivity contribution in [3.63, 3.8) is 0 Å². The molecule has 7 heteroatoms. The van der Waals surface area contributed by atoms with Gasteiger partial charge in [0.05, 0.1) is 16.7 Å². The van der Waals surface area contributed by atoms with Gasteiger partial charge in [-0.1, -0.05) is 17.7 Å². The molecule has 132 valence electrons. The van der Waals surface area contributed by atoms with Crippen molar-refractivity contribution < 1.29 is 9.59 Å². The fourth-order valence-corrected chi connectivity index (χ4v) is 3.71. The molecular weight excluding hydrogens is 354 g/mol. The van der Waals surface area contributed by atoms with Gasteiger partial charge < -0.3 is 10.6 Å². The first kappa shape index (κ1) is 17.9. The largest absolute Gasteiger partial charge is 0.325 e. The third-order valence-electron chi connectivity index (χ3n) is 3.92. The highest BCUT2D eigenvalue weighted by Crippen LogP contribution is 2.40. The Morgan fingerprint density at radius 1 is 1.28 bits per heavy atom. The highest BCUT2D eigenvalue weighted by molar-refractivity contribution is 8.01. The number of hydrogen-bond acceptors (Lipinski definition) is 5. The molecule has 1 saturated carbocycles. The van der Waals surface area contributed by atoms with Crippen LogP contribution in [0, 0.1) is 6.92 Å². The maximum absolute atomic E-state index is 12.2. The second-order valence-electron chi connectivity index (χ2n) is 6.21. The van der Waals surface area contributed by atoms with Crippen LogP contribution in [0.4, 0.5) is 10.8 Å². The Morgan fingerprint density at radius 2 is 2.00 bits per heavy atom. The topological polar surface area (TPSA) is 71.1 Å². The number of thiazole rings is 1. The summed E-state index contributed by atoms with van der Waals surface area (Å²) in [6, 6.07) is 7.63. The van der Waals surface area contributed by atoms with E-state index in [9.17, 15) is 9.59 Å². The van der Waals surface area contributed by atoms with E-state index in [1.165, 1.54) is 35.9 Å². The Kier molecular flexibility index (Phi) is 5.75. The van der Waals surface area contributed by atoms with Gasteiger partial charge in [-0.2, -0.15) is 0 Å². The van der Waals surface area contributed by atoms with Crippen LogP contribution in [0.25, 0.3) is 0 Å². The van der Waals surface area contributed by atoms with Crippen molar-refractivity contribution >= 4 is 45.7 Å². The Labute approximate surface area is 155 Å². The first-order chi connectivity index (χ1) is 12.0. The van der Waals surface area contributed by atoms with Crippen LogP contribution in [0.2, 0.25) is 0 Å². The molecular formula is C18H21N3O2S2. The van der Waals surface area contributed by atoms with Crippen molar-refractivity contribution in [2.75, 3.05) is 16.4 Å². The summed E-state index contributed by atoms with van der Waals surface area (Å²) >= 11 is 2.77. The molecule has 0 radical (unpaired) electrons. The second kappa shape index (κ2) is 8.01. The maximum atomic E-state index is 12.2. The second-order valence-corrected chi connectivity index (χ2v) is 8.40. The molecule has 0 saturated heterocycles. The predicted octanol–water partition coefficient (Wildman–Crippen LogP) is 4.03. The molecule has 3 rings (SSSR count). The summed E-state index contributed by atoms with van der Waals surface area (Å²) in [6.07, 6.45) is 2.39. The normalized spacial score (nSPS) is 14.8. The van der Waals surface area contributed by atoms with Crippen LogP contribution in [-0.2, 0) is 9.59 Å². The van der Waals surface area contributed by atoms with Gasteiger partial charge in [-0.05, 0) is 38.8 Å². The molecule has 2 amide bonds. The van der Waals surface area contributed by atoms with Crippen LogP contribution < -0.4 is 10.6 Å². The standard InChI is InChI=1S/C18H21N3O2S2/c1-11-3-7-14(8-4-11)19-16(22)10-24-12(2)17(23)21-18-20-15(9-25-18)13-5-6-13/h3-4,7-9,12-13H,5-6,10H2,1-2H3,(H,19,22)(H,20,21,23). The molecule has 1 atom stereocenters. The smallest absolute Gasteiger partial charge is 0.239 e. The van der Waals surface area contributed by atoms with Crippen molar-refractivity contribution in [2.24, 2.45) is 0 Å². The minimum Gasteiger partial charge on any atom is -0.325 e. The average Bonchev–Trinajstić information content (AvgIpc) is 3.34. The fraction of sp³-hybridized carbons (Fsp3) is 0.389. The molecule has 1 aromatic heterocycles. The monoisotopic (exact) mass is 375 g/mol. The van der Waals surface area contributed by atoms with Gasteiger partial charge in [0.25, 0.3) is 0 Å². The Balaban J connectivity index is 1.42. The van der Waals surface area contributed by atoms with E-state index in [0.717, 1.165) is 16.9 Å². The number of carbonyl (C=O) groups excluding carboxylic acids is 2. The van der Waals surface area contributed by atoms with Crippen molar-refractivity contribution in [1.82, 2.24) is 4.98 Å². The van der Waals surface area contributed by atoms with Crippen LogP contribution >= 0.6 is 23.1 Å². The Hall–Kier alpha value is -1.86. The number of hydrogen-bond donors (Lipinski definition) is 2. The zero-order valence-corrected chi connectivity index (χ0v) is 15.9. The number of benzene rings is 1. The third-order valence-corrected chi connectivity index (χ3v) is 5.84.